The summed E-state index contributed by atoms with van der Waals surface area (Å²) < 4.78 is 10.0. The van der Waals surface area contributed by atoms with Gasteiger partial charge in [0.1, 0.15) is 5.75 Å². The second kappa shape index (κ2) is 10.2. The molecule has 0 aliphatic carbocycles. The molecule has 2 aromatic carbocycles. The number of hydrogen-bond acceptors (Lipinski definition) is 5. The lowest BCUT2D eigenvalue weighted by Gasteiger charge is -2.08. The molecule has 0 saturated carbocycles. The first-order valence-corrected chi connectivity index (χ1v) is 8.53. The third-order valence-electron chi connectivity index (χ3n) is 3.70. The van der Waals surface area contributed by atoms with Gasteiger partial charge < -0.3 is 20.1 Å². The van der Waals surface area contributed by atoms with Crippen LogP contribution < -0.4 is 15.4 Å². The van der Waals surface area contributed by atoms with E-state index < -0.39 is 0 Å². The van der Waals surface area contributed by atoms with Gasteiger partial charge in [0.2, 0.25) is 5.91 Å². The van der Waals surface area contributed by atoms with Crippen molar-refractivity contribution in [1.29, 1.82) is 0 Å². The van der Waals surface area contributed by atoms with E-state index in [9.17, 15) is 9.59 Å². The first kappa shape index (κ1) is 19.5. The number of benzene rings is 2. The van der Waals surface area contributed by atoms with E-state index in [2.05, 4.69) is 10.6 Å². The second-order valence-electron chi connectivity index (χ2n) is 5.62. The van der Waals surface area contributed by atoms with E-state index in [1.54, 1.807) is 38.3 Å². The van der Waals surface area contributed by atoms with E-state index in [1.165, 1.54) is 0 Å². The molecule has 0 radical (unpaired) electrons. The van der Waals surface area contributed by atoms with Crippen LogP contribution in [-0.2, 0) is 16.1 Å². The van der Waals surface area contributed by atoms with E-state index >= 15 is 0 Å². The maximum Gasteiger partial charge on any atom is 0.338 e. The van der Waals surface area contributed by atoms with Gasteiger partial charge in [-0.2, -0.15) is 0 Å². The molecule has 0 heterocycles. The largest absolute Gasteiger partial charge is 0.497 e. The molecule has 6 heteroatoms. The van der Waals surface area contributed by atoms with Crippen molar-refractivity contribution in [3.63, 3.8) is 0 Å². The van der Waals surface area contributed by atoms with Crippen LogP contribution >= 0.6 is 0 Å². The minimum absolute atomic E-state index is 0.0869. The van der Waals surface area contributed by atoms with Crippen LogP contribution in [0.25, 0.3) is 0 Å². The van der Waals surface area contributed by atoms with Gasteiger partial charge in [-0.15, -0.1) is 0 Å². The standard InChI is InChI=1S/C20H24N2O4/c1-3-26-20(24)16-6-8-17(9-7-16)22-19(23)12-13-21-14-15-4-10-18(25-2)11-5-15/h4-11,21H,3,12-14H2,1-2H3,(H,22,23). The molecule has 0 aliphatic heterocycles. The Balaban J connectivity index is 1.70. The number of amides is 1. The van der Waals surface area contributed by atoms with Crippen LogP contribution in [0.5, 0.6) is 5.75 Å². The summed E-state index contributed by atoms with van der Waals surface area (Å²) in [6.45, 7) is 3.35. The van der Waals surface area contributed by atoms with Crippen LogP contribution in [0, 0.1) is 0 Å². The molecule has 2 rings (SSSR count). The molecule has 0 aliphatic rings. The Morgan fingerprint density at radius 1 is 1.00 bits per heavy atom. The van der Waals surface area contributed by atoms with Gasteiger partial charge in [-0.25, -0.2) is 4.79 Å². The van der Waals surface area contributed by atoms with Gasteiger partial charge >= 0.3 is 5.97 Å². The first-order chi connectivity index (χ1) is 12.6. The third kappa shape index (κ3) is 6.22. The van der Waals surface area contributed by atoms with E-state index in [0.29, 0.717) is 37.4 Å². The van der Waals surface area contributed by atoms with Crippen molar-refractivity contribution in [3.05, 3.63) is 59.7 Å². The summed E-state index contributed by atoms with van der Waals surface area (Å²) >= 11 is 0. The predicted octanol–water partition coefficient (Wildman–Crippen LogP) is 2.99. The molecule has 0 fully saturated rings. The Bertz CT molecular complexity index is 712. The fourth-order valence-corrected chi connectivity index (χ4v) is 2.31. The summed E-state index contributed by atoms with van der Waals surface area (Å²) in [5, 5.41) is 6.04. The van der Waals surface area contributed by atoms with Gasteiger partial charge in [-0.3, -0.25) is 4.79 Å². The lowest BCUT2D eigenvalue weighted by molar-refractivity contribution is -0.116. The average Bonchev–Trinajstić information content (AvgIpc) is 2.66. The summed E-state index contributed by atoms with van der Waals surface area (Å²) in [5.74, 6) is 0.367. The lowest BCUT2D eigenvalue weighted by atomic mass is 10.2. The number of anilines is 1. The van der Waals surface area contributed by atoms with Crippen molar-refractivity contribution in [3.8, 4) is 5.75 Å². The quantitative estimate of drug-likeness (QED) is 0.534. The van der Waals surface area contributed by atoms with Gasteiger partial charge in [-0.1, -0.05) is 12.1 Å². The Labute approximate surface area is 153 Å². The number of methoxy groups -OCH3 is 1. The van der Waals surface area contributed by atoms with Gasteiger partial charge in [0, 0.05) is 25.2 Å². The van der Waals surface area contributed by atoms with Crippen LogP contribution in [0.4, 0.5) is 5.69 Å². The molecule has 6 nitrogen and oxygen atoms in total. The molecule has 0 saturated heterocycles. The summed E-state index contributed by atoms with van der Waals surface area (Å²) in [7, 11) is 1.64. The Kier molecular flexibility index (Phi) is 7.64. The Morgan fingerprint density at radius 3 is 2.31 bits per heavy atom. The maximum atomic E-state index is 12.0. The number of hydrogen-bond donors (Lipinski definition) is 2. The predicted molar refractivity (Wildman–Crippen MR) is 100 cm³/mol. The van der Waals surface area contributed by atoms with Gasteiger partial charge in [-0.05, 0) is 48.9 Å². The lowest BCUT2D eigenvalue weighted by Crippen LogP contribution is -2.21. The SMILES string of the molecule is CCOC(=O)c1ccc(NC(=O)CCNCc2ccc(OC)cc2)cc1. The number of esters is 1. The molecule has 0 atom stereocenters. The Morgan fingerprint density at radius 2 is 1.69 bits per heavy atom. The van der Waals surface area contributed by atoms with Gasteiger partial charge in [0.25, 0.3) is 0 Å². The van der Waals surface area contributed by atoms with Crippen LogP contribution in [0.1, 0.15) is 29.3 Å². The zero-order valence-corrected chi connectivity index (χ0v) is 15.1. The van der Waals surface area contributed by atoms with Gasteiger partial charge in [0.05, 0.1) is 19.3 Å². The highest BCUT2D eigenvalue weighted by molar-refractivity contribution is 5.93. The number of carbonyl (C=O) groups is 2. The monoisotopic (exact) mass is 356 g/mol. The van der Waals surface area contributed by atoms with Crippen LogP contribution in [0.15, 0.2) is 48.5 Å². The minimum atomic E-state index is -0.367. The maximum absolute atomic E-state index is 12.0. The fraction of sp³-hybridized carbons (Fsp3) is 0.300. The number of rotatable bonds is 9. The molecular weight excluding hydrogens is 332 g/mol. The number of nitrogens with one attached hydrogen (secondary N) is 2. The minimum Gasteiger partial charge on any atom is -0.497 e. The molecule has 0 spiro atoms. The van der Waals surface area contributed by atoms with Crippen molar-refractivity contribution in [2.24, 2.45) is 0 Å². The molecule has 0 unspecified atom stereocenters. The molecular formula is C20H24N2O4. The zero-order chi connectivity index (χ0) is 18.8. The van der Waals surface area contributed by atoms with Crippen molar-refractivity contribution in [2.75, 3.05) is 25.6 Å². The molecule has 138 valence electrons. The number of ether oxygens (including phenoxy) is 2. The summed E-state index contributed by atoms with van der Waals surface area (Å²) in [6, 6.07) is 14.4. The summed E-state index contributed by atoms with van der Waals surface area (Å²) in [6.07, 6.45) is 0.357. The average molecular weight is 356 g/mol. The molecule has 0 aromatic heterocycles. The van der Waals surface area contributed by atoms with Crippen LogP contribution in [-0.4, -0.2) is 32.1 Å². The zero-order valence-electron chi connectivity index (χ0n) is 15.1. The van der Waals surface area contributed by atoms with Gasteiger partial charge in [0.15, 0.2) is 0 Å². The van der Waals surface area contributed by atoms with Crippen molar-refractivity contribution < 1.29 is 19.1 Å². The normalized spacial score (nSPS) is 10.2. The van der Waals surface area contributed by atoms with E-state index in [0.717, 1.165) is 11.3 Å². The fourth-order valence-electron chi connectivity index (χ4n) is 2.31. The van der Waals surface area contributed by atoms with Crippen LogP contribution in [0.3, 0.4) is 0 Å². The van der Waals surface area contributed by atoms with Crippen molar-refractivity contribution in [2.45, 2.75) is 19.9 Å². The third-order valence-corrected chi connectivity index (χ3v) is 3.70. The van der Waals surface area contributed by atoms with E-state index in [4.69, 9.17) is 9.47 Å². The summed E-state index contributed by atoms with van der Waals surface area (Å²) in [5.41, 5.74) is 2.24. The smallest absolute Gasteiger partial charge is 0.338 e. The van der Waals surface area contributed by atoms with E-state index in [-0.39, 0.29) is 11.9 Å². The highest BCUT2D eigenvalue weighted by atomic mass is 16.5. The summed E-state index contributed by atoms with van der Waals surface area (Å²) in [4.78, 5) is 23.5. The van der Waals surface area contributed by atoms with Crippen molar-refractivity contribution >= 4 is 17.6 Å². The molecule has 2 aromatic rings. The van der Waals surface area contributed by atoms with Crippen molar-refractivity contribution in [1.82, 2.24) is 5.32 Å². The van der Waals surface area contributed by atoms with Crippen LogP contribution in [0.2, 0.25) is 0 Å². The molecule has 1 amide bonds. The van der Waals surface area contributed by atoms with E-state index in [1.807, 2.05) is 24.3 Å². The topological polar surface area (TPSA) is 76.7 Å². The first-order valence-electron chi connectivity index (χ1n) is 8.53. The number of carbonyl (C=O) groups excluding carboxylic acids is 2. The molecule has 26 heavy (non-hydrogen) atoms. The highest BCUT2D eigenvalue weighted by Crippen LogP contribution is 2.12. The molecule has 2 N–H and O–H groups in total. The molecule has 0 bridgehead atoms. The highest BCUT2D eigenvalue weighted by Gasteiger charge is 2.07. The Hall–Kier alpha value is -2.86. The second-order valence-corrected chi connectivity index (χ2v) is 5.62.